The third-order valence-electron chi connectivity index (χ3n) is 4.15. The second-order valence-corrected chi connectivity index (χ2v) is 5.98. The number of nitrogens with one attached hydrogen (secondary N) is 1. The summed E-state index contributed by atoms with van der Waals surface area (Å²) in [4.78, 5) is 26.8. The van der Waals surface area contributed by atoms with Crippen LogP contribution in [0.3, 0.4) is 0 Å². The van der Waals surface area contributed by atoms with Gasteiger partial charge in [0.05, 0.1) is 12.7 Å². The predicted octanol–water partition coefficient (Wildman–Crippen LogP) is 2.26. The molecule has 0 saturated heterocycles. The molecular weight excluding hydrogens is 330 g/mol. The summed E-state index contributed by atoms with van der Waals surface area (Å²) < 4.78 is 1.57. The highest BCUT2D eigenvalue weighted by molar-refractivity contribution is 6.04. The molecule has 0 aliphatic carbocycles. The molecule has 1 amide bonds. The average molecular weight is 351 g/mol. The Kier molecular flexibility index (Phi) is 5.26. The number of benzene rings is 1. The minimum atomic E-state index is -0.468. The van der Waals surface area contributed by atoms with Crippen LogP contribution in [0.4, 0.5) is 5.82 Å². The van der Waals surface area contributed by atoms with Crippen molar-refractivity contribution in [3.05, 3.63) is 75.8 Å². The van der Waals surface area contributed by atoms with E-state index in [1.165, 1.54) is 11.0 Å². The zero-order chi connectivity index (χ0) is 18.5. The molecule has 2 heterocycles. The van der Waals surface area contributed by atoms with Gasteiger partial charge in [0.15, 0.2) is 5.82 Å². The molecule has 0 fully saturated rings. The van der Waals surface area contributed by atoms with Crippen LogP contribution < -0.4 is 10.9 Å². The summed E-state index contributed by atoms with van der Waals surface area (Å²) >= 11 is 0. The Bertz CT molecular complexity index is 960. The molecular formula is C19H21N5O2. The fourth-order valence-corrected chi connectivity index (χ4v) is 2.70. The first-order valence-corrected chi connectivity index (χ1v) is 8.54. The zero-order valence-corrected chi connectivity index (χ0v) is 14.8. The van der Waals surface area contributed by atoms with Gasteiger partial charge in [-0.2, -0.15) is 9.90 Å². The van der Waals surface area contributed by atoms with Gasteiger partial charge in [0.2, 0.25) is 0 Å². The lowest BCUT2D eigenvalue weighted by Crippen LogP contribution is -2.30. The van der Waals surface area contributed by atoms with E-state index in [1.807, 2.05) is 37.3 Å². The Morgan fingerprint density at radius 3 is 2.65 bits per heavy atom. The van der Waals surface area contributed by atoms with E-state index in [0.29, 0.717) is 24.5 Å². The van der Waals surface area contributed by atoms with Crippen LogP contribution in [-0.2, 0) is 19.5 Å². The van der Waals surface area contributed by atoms with E-state index in [1.54, 1.807) is 23.8 Å². The summed E-state index contributed by atoms with van der Waals surface area (Å²) in [7, 11) is 0. The third-order valence-corrected chi connectivity index (χ3v) is 4.15. The molecule has 1 aromatic carbocycles. The SMILES string of the molecule is CCn1ncc(NC(=O)c2c(C)ccn(CCc3ccccc3)c2=O)n1. The Labute approximate surface area is 151 Å². The Balaban J connectivity index is 1.80. The summed E-state index contributed by atoms with van der Waals surface area (Å²) in [5.41, 5.74) is 1.60. The number of carbonyl (C=O) groups is 1. The first-order valence-electron chi connectivity index (χ1n) is 8.54. The van der Waals surface area contributed by atoms with Gasteiger partial charge in [0.25, 0.3) is 11.5 Å². The van der Waals surface area contributed by atoms with Crippen molar-refractivity contribution in [3.8, 4) is 0 Å². The second-order valence-electron chi connectivity index (χ2n) is 5.98. The quantitative estimate of drug-likeness (QED) is 0.738. The molecule has 0 atom stereocenters. The van der Waals surface area contributed by atoms with Gasteiger partial charge in [-0.25, -0.2) is 0 Å². The minimum absolute atomic E-state index is 0.131. The first kappa shape index (κ1) is 17.6. The van der Waals surface area contributed by atoms with Gasteiger partial charge < -0.3 is 9.88 Å². The van der Waals surface area contributed by atoms with Crippen molar-refractivity contribution >= 4 is 11.7 Å². The first-order chi connectivity index (χ1) is 12.6. The van der Waals surface area contributed by atoms with Crippen LogP contribution in [0.15, 0.2) is 53.6 Å². The fraction of sp³-hybridized carbons (Fsp3) is 0.263. The molecule has 0 aliphatic rings. The Hall–Kier alpha value is -3.22. The number of aryl methyl sites for hydroxylation is 4. The van der Waals surface area contributed by atoms with Gasteiger partial charge in [-0.05, 0) is 37.5 Å². The summed E-state index contributed by atoms with van der Waals surface area (Å²) in [5.74, 6) is -0.139. The fourth-order valence-electron chi connectivity index (χ4n) is 2.70. The monoisotopic (exact) mass is 351 g/mol. The van der Waals surface area contributed by atoms with Crippen molar-refractivity contribution in [2.45, 2.75) is 33.4 Å². The lowest BCUT2D eigenvalue weighted by Gasteiger charge is -2.10. The summed E-state index contributed by atoms with van der Waals surface area (Å²) in [6, 6.07) is 11.7. The summed E-state index contributed by atoms with van der Waals surface area (Å²) in [6.45, 7) is 4.76. The summed E-state index contributed by atoms with van der Waals surface area (Å²) in [5, 5.41) is 10.8. The van der Waals surface area contributed by atoms with E-state index in [0.717, 1.165) is 12.0 Å². The standard InChI is InChI=1S/C19H21N5O2/c1-3-24-20-13-16(22-24)21-18(25)17-14(2)9-11-23(19(17)26)12-10-15-7-5-4-6-8-15/h4-9,11,13H,3,10,12H2,1-2H3,(H,21,22,25). The smallest absolute Gasteiger partial charge is 0.263 e. The van der Waals surface area contributed by atoms with Crippen molar-refractivity contribution in [1.82, 2.24) is 19.6 Å². The highest BCUT2D eigenvalue weighted by Crippen LogP contribution is 2.08. The molecule has 2 aromatic heterocycles. The number of pyridine rings is 1. The van der Waals surface area contributed by atoms with E-state index < -0.39 is 5.91 Å². The van der Waals surface area contributed by atoms with Gasteiger partial charge >= 0.3 is 0 Å². The van der Waals surface area contributed by atoms with Crippen LogP contribution in [0.2, 0.25) is 0 Å². The molecule has 7 heteroatoms. The molecule has 0 unspecified atom stereocenters. The second kappa shape index (κ2) is 7.77. The van der Waals surface area contributed by atoms with Crippen molar-refractivity contribution < 1.29 is 4.79 Å². The number of amides is 1. The normalized spacial score (nSPS) is 10.7. The van der Waals surface area contributed by atoms with E-state index in [9.17, 15) is 9.59 Å². The molecule has 26 heavy (non-hydrogen) atoms. The molecule has 3 aromatic rings. The van der Waals surface area contributed by atoms with E-state index in [4.69, 9.17) is 0 Å². The molecule has 0 saturated carbocycles. The Morgan fingerprint density at radius 1 is 1.19 bits per heavy atom. The number of aromatic nitrogens is 4. The molecule has 0 spiro atoms. The number of rotatable bonds is 6. The highest BCUT2D eigenvalue weighted by Gasteiger charge is 2.17. The number of anilines is 1. The largest absolute Gasteiger partial charge is 0.315 e. The van der Waals surface area contributed by atoms with Crippen LogP contribution in [0.25, 0.3) is 0 Å². The maximum Gasteiger partial charge on any atom is 0.263 e. The molecule has 0 radical (unpaired) electrons. The summed E-state index contributed by atoms with van der Waals surface area (Å²) in [6.07, 6.45) is 3.91. The van der Waals surface area contributed by atoms with Gasteiger partial charge in [-0.15, -0.1) is 5.10 Å². The highest BCUT2D eigenvalue weighted by atomic mass is 16.2. The molecule has 3 rings (SSSR count). The van der Waals surface area contributed by atoms with Crippen molar-refractivity contribution in [2.75, 3.05) is 5.32 Å². The van der Waals surface area contributed by atoms with Gasteiger partial charge in [-0.1, -0.05) is 30.3 Å². The van der Waals surface area contributed by atoms with Crippen LogP contribution in [0.1, 0.15) is 28.4 Å². The van der Waals surface area contributed by atoms with E-state index >= 15 is 0 Å². The van der Waals surface area contributed by atoms with Crippen molar-refractivity contribution in [1.29, 1.82) is 0 Å². The van der Waals surface area contributed by atoms with E-state index in [-0.39, 0.29) is 11.1 Å². The lowest BCUT2D eigenvalue weighted by molar-refractivity contribution is 0.102. The van der Waals surface area contributed by atoms with Crippen LogP contribution in [-0.4, -0.2) is 25.5 Å². The topological polar surface area (TPSA) is 81.8 Å². The molecule has 1 N–H and O–H groups in total. The number of nitrogens with zero attached hydrogens (tertiary/aromatic N) is 4. The molecule has 0 bridgehead atoms. The minimum Gasteiger partial charge on any atom is -0.315 e. The Morgan fingerprint density at radius 2 is 1.96 bits per heavy atom. The van der Waals surface area contributed by atoms with Crippen LogP contribution in [0.5, 0.6) is 0 Å². The number of carbonyl (C=O) groups excluding carboxylic acids is 1. The van der Waals surface area contributed by atoms with Crippen molar-refractivity contribution in [2.24, 2.45) is 0 Å². The molecule has 134 valence electrons. The van der Waals surface area contributed by atoms with Crippen LogP contribution >= 0.6 is 0 Å². The van der Waals surface area contributed by atoms with Crippen molar-refractivity contribution in [3.63, 3.8) is 0 Å². The molecule has 7 nitrogen and oxygen atoms in total. The van der Waals surface area contributed by atoms with Gasteiger partial charge in [0, 0.05) is 12.7 Å². The van der Waals surface area contributed by atoms with Crippen LogP contribution in [0, 0.1) is 6.92 Å². The molecule has 0 aliphatic heterocycles. The number of hydrogen-bond donors (Lipinski definition) is 1. The average Bonchev–Trinajstić information content (AvgIpc) is 3.09. The maximum atomic E-state index is 12.8. The van der Waals surface area contributed by atoms with Gasteiger partial charge in [-0.3, -0.25) is 9.59 Å². The number of hydrogen-bond acceptors (Lipinski definition) is 4. The zero-order valence-electron chi connectivity index (χ0n) is 14.8. The maximum absolute atomic E-state index is 12.8. The predicted molar refractivity (Wildman–Crippen MR) is 99.2 cm³/mol. The third kappa shape index (κ3) is 3.88. The lowest BCUT2D eigenvalue weighted by atomic mass is 10.1. The van der Waals surface area contributed by atoms with E-state index in [2.05, 4.69) is 15.5 Å². The van der Waals surface area contributed by atoms with Gasteiger partial charge in [0.1, 0.15) is 5.56 Å².